The van der Waals surface area contributed by atoms with E-state index in [0.717, 1.165) is 22.6 Å². The van der Waals surface area contributed by atoms with Crippen molar-refractivity contribution in [1.82, 2.24) is 10.3 Å². The largest absolute Gasteiger partial charge is 0.497 e. The average molecular weight is 401 g/mol. The van der Waals surface area contributed by atoms with Gasteiger partial charge in [-0.25, -0.2) is 0 Å². The van der Waals surface area contributed by atoms with Gasteiger partial charge in [-0.2, -0.15) is 0 Å². The van der Waals surface area contributed by atoms with Gasteiger partial charge >= 0.3 is 0 Å². The molecule has 0 spiro atoms. The molecule has 0 bridgehead atoms. The number of pyridine rings is 1. The van der Waals surface area contributed by atoms with Crippen LogP contribution in [-0.4, -0.2) is 23.9 Å². The molecule has 2 amide bonds. The lowest BCUT2D eigenvalue weighted by atomic mass is 10.1. The van der Waals surface area contributed by atoms with Crippen molar-refractivity contribution in [2.45, 2.75) is 25.9 Å². The Balaban J connectivity index is 1.55. The van der Waals surface area contributed by atoms with E-state index in [1.807, 2.05) is 55.5 Å². The van der Waals surface area contributed by atoms with Crippen LogP contribution >= 0.6 is 0 Å². The lowest BCUT2D eigenvalue weighted by Crippen LogP contribution is -2.33. The highest BCUT2D eigenvalue weighted by atomic mass is 16.5. The number of amides is 2. The number of methoxy groups -OCH3 is 1. The van der Waals surface area contributed by atoms with E-state index >= 15 is 0 Å². The molecule has 1 aliphatic rings. The number of fused-ring (bicyclic) bond motifs is 1. The first kappa shape index (κ1) is 19.6. The van der Waals surface area contributed by atoms with Gasteiger partial charge in [-0.05, 0) is 54.4 Å². The van der Waals surface area contributed by atoms with Gasteiger partial charge in [0.1, 0.15) is 5.75 Å². The van der Waals surface area contributed by atoms with Crippen molar-refractivity contribution in [2.75, 3.05) is 12.0 Å². The molecule has 6 heteroatoms. The zero-order chi connectivity index (χ0) is 21.1. The summed E-state index contributed by atoms with van der Waals surface area (Å²) in [6.45, 7) is 2.36. The fraction of sp³-hybridized carbons (Fsp3) is 0.208. The third kappa shape index (κ3) is 3.89. The van der Waals surface area contributed by atoms with Crippen molar-refractivity contribution < 1.29 is 14.3 Å². The second kappa shape index (κ2) is 8.37. The van der Waals surface area contributed by atoms with Crippen molar-refractivity contribution >= 4 is 17.5 Å². The van der Waals surface area contributed by atoms with Crippen molar-refractivity contribution in [3.63, 3.8) is 0 Å². The van der Waals surface area contributed by atoms with Gasteiger partial charge in [0.25, 0.3) is 5.91 Å². The molecule has 0 saturated heterocycles. The summed E-state index contributed by atoms with van der Waals surface area (Å²) in [7, 11) is 1.61. The SMILES string of the molecule is COc1cccc(CNC(=O)CC2c3ncccc3C(=O)N2c2cccc(C)c2)c1. The third-order valence-corrected chi connectivity index (χ3v) is 5.20. The topological polar surface area (TPSA) is 71.5 Å². The van der Waals surface area contributed by atoms with E-state index in [1.165, 1.54) is 0 Å². The minimum Gasteiger partial charge on any atom is -0.497 e. The lowest BCUT2D eigenvalue weighted by Gasteiger charge is -2.25. The highest BCUT2D eigenvalue weighted by molar-refractivity contribution is 6.11. The number of hydrogen-bond acceptors (Lipinski definition) is 4. The molecule has 0 radical (unpaired) electrons. The molecule has 1 aromatic heterocycles. The van der Waals surface area contributed by atoms with E-state index in [9.17, 15) is 9.59 Å². The van der Waals surface area contributed by atoms with Gasteiger partial charge in [-0.15, -0.1) is 0 Å². The van der Waals surface area contributed by atoms with Gasteiger partial charge in [0.2, 0.25) is 5.91 Å². The number of anilines is 1. The predicted molar refractivity (Wildman–Crippen MR) is 114 cm³/mol. The molecule has 0 fully saturated rings. The maximum absolute atomic E-state index is 13.1. The second-order valence-electron chi connectivity index (χ2n) is 7.30. The van der Waals surface area contributed by atoms with Crippen LogP contribution in [0, 0.1) is 6.92 Å². The number of ether oxygens (including phenoxy) is 1. The Morgan fingerprint density at radius 1 is 1.13 bits per heavy atom. The number of nitrogens with zero attached hydrogens (tertiary/aromatic N) is 2. The molecular weight excluding hydrogens is 378 g/mol. The molecule has 2 aromatic carbocycles. The first-order valence-electron chi connectivity index (χ1n) is 9.81. The van der Waals surface area contributed by atoms with Crippen LogP contribution in [0.5, 0.6) is 5.75 Å². The van der Waals surface area contributed by atoms with Crippen LogP contribution in [0.25, 0.3) is 0 Å². The van der Waals surface area contributed by atoms with Crippen LogP contribution in [0.1, 0.15) is 39.6 Å². The van der Waals surface area contributed by atoms with Crippen molar-refractivity contribution in [3.8, 4) is 5.75 Å². The van der Waals surface area contributed by atoms with Crippen LogP contribution in [0.3, 0.4) is 0 Å². The fourth-order valence-corrected chi connectivity index (χ4v) is 3.75. The standard InChI is InChI=1S/C24H23N3O3/c1-16-6-3-8-18(12-16)27-21(23-20(24(27)29)10-5-11-25-23)14-22(28)26-15-17-7-4-9-19(13-17)30-2/h3-13,21H,14-15H2,1-2H3,(H,26,28). The summed E-state index contributed by atoms with van der Waals surface area (Å²) in [6.07, 6.45) is 1.79. The van der Waals surface area contributed by atoms with E-state index in [-0.39, 0.29) is 18.2 Å². The van der Waals surface area contributed by atoms with Crippen LogP contribution in [-0.2, 0) is 11.3 Å². The maximum Gasteiger partial charge on any atom is 0.260 e. The third-order valence-electron chi connectivity index (χ3n) is 5.20. The molecular formula is C24H23N3O3. The van der Waals surface area contributed by atoms with Crippen molar-refractivity contribution in [1.29, 1.82) is 0 Å². The molecule has 0 saturated carbocycles. The summed E-state index contributed by atoms with van der Waals surface area (Å²) < 4.78 is 5.23. The van der Waals surface area contributed by atoms with Crippen molar-refractivity contribution in [2.24, 2.45) is 0 Å². The van der Waals surface area contributed by atoms with Crippen LogP contribution in [0.15, 0.2) is 66.9 Å². The number of hydrogen-bond donors (Lipinski definition) is 1. The molecule has 1 atom stereocenters. The lowest BCUT2D eigenvalue weighted by molar-refractivity contribution is -0.121. The highest BCUT2D eigenvalue weighted by Crippen LogP contribution is 2.38. The molecule has 3 aromatic rings. The molecule has 2 heterocycles. The zero-order valence-electron chi connectivity index (χ0n) is 17.0. The molecule has 0 aliphatic carbocycles. The van der Waals surface area contributed by atoms with Crippen LogP contribution in [0.2, 0.25) is 0 Å². The number of aromatic nitrogens is 1. The number of benzene rings is 2. The van der Waals surface area contributed by atoms with Crippen molar-refractivity contribution in [3.05, 3.63) is 89.2 Å². The average Bonchev–Trinajstić information content (AvgIpc) is 3.04. The van der Waals surface area contributed by atoms with E-state index in [1.54, 1.807) is 30.3 Å². The monoisotopic (exact) mass is 401 g/mol. The smallest absolute Gasteiger partial charge is 0.260 e. The normalized spacial score (nSPS) is 15.1. The number of aryl methyl sites for hydroxylation is 1. The van der Waals surface area contributed by atoms with Gasteiger partial charge in [0.15, 0.2) is 0 Å². The minimum absolute atomic E-state index is 0.130. The van der Waals surface area contributed by atoms with Crippen LogP contribution in [0.4, 0.5) is 5.69 Å². The predicted octanol–water partition coefficient (Wildman–Crippen LogP) is 3.81. The van der Waals surface area contributed by atoms with E-state index in [2.05, 4.69) is 10.3 Å². The van der Waals surface area contributed by atoms with Gasteiger partial charge < -0.3 is 10.1 Å². The molecule has 152 valence electrons. The summed E-state index contributed by atoms with van der Waals surface area (Å²) in [5.74, 6) is 0.466. The Morgan fingerprint density at radius 2 is 1.97 bits per heavy atom. The highest BCUT2D eigenvalue weighted by Gasteiger charge is 2.39. The number of nitrogens with one attached hydrogen (secondary N) is 1. The second-order valence-corrected chi connectivity index (χ2v) is 7.30. The summed E-state index contributed by atoms with van der Waals surface area (Å²) in [5, 5.41) is 2.95. The Morgan fingerprint density at radius 3 is 2.77 bits per heavy atom. The summed E-state index contributed by atoms with van der Waals surface area (Å²) in [6, 6.07) is 18.3. The molecule has 6 nitrogen and oxygen atoms in total. The Labute approximate surface area is 175 Å². The Hall–Kier alpha value is -3.67. The Bertz CT molecular complexity index is 1100. The molecule has 1 aliphatic heterocycles. The van der Waals surface area contributed by atoms with Gasteiger partial charge in [-0.1, -0.05) is 24.3 Å². The first-order valence-corrected chi connectivity index (χ1v) is 9.81. The number of carbonyl (C=O) groups is 2. The maximum atomic E-state index is 13.1. The fourth-order valence-electron chi connectivity index (χ4n) is 3.75. The van der Waals surface area contributed by atoms with Gasteiger partial charge in [-0.3, -0.25) is 19.5 Å². The molecule has 30 heavy (non-hydrogen) atoms. The minimum atomic E-state index is -0.444. The first-order chi connectivity index (χ1) is 14.6. The summed E-state index contributed by atoms with van der Waals surface area (Å²) >= 11 is 0. The summed E-state index contributed by atoms with van der Waals surface area (Å²) in [4.78, 5) is 32.0. The number of rotatable bonds is 6. The van der Waals surface area contributed by atoms with E-state index < -0.39 is 6.04 Å². The van der Waals surface area contributed by atoms with E-state index in [4.69, 9.17) is 4.74 Å². The molecule has 1 N–H and O–H groups in total. The van der Waals surface area contributed by atoms with E-state index in [0.29, 0.717) is 17.8 Å². The Kier molecular flexibility index (Phi) is 5.48. The summed E-state index contributed by atoms with van der Waals surface area (Å²) in [5.41, 5.74) is 3.94. The molecule has 4 rings (SSSR count). The molecule has 1 unspecified atom stereocenters. The van der Waals surface area contributed by atoms with Gasteiger partial charge in [0.05, 0.1) is 30.8 Å². The number of carbonyl (C=O) groups excluding carboxylic acids is 2. The zero-order valence-corrected chi connectivity index (χ0v) is 17.0. The van der Waals surface area contributed by atoms with Crippen LogP contribution < -0.4 is 15.0 Å². The quantitative estimate of drug-likeness (QED) is 0.682. The van der Waals surface area contributed by atoms with Gasteiger partial charge in [0, 0.05) is 18.4 Å².